The molecule has 2 atom stereocenters. The lowest BCUT2D eigenvalue weighted by Gasteiger charge is -2.32. The van der Waals surface area contributed by atoms with Crippen LogP contribution >= 0.6 is 0 Å². The highest BCUT2D eigenvalue weighted by Gasteiger charge is 2.30. The molecule has 11 heteroatoms. The van der Waals surface area contributed by atoms with Gasteiger partial charge in [0.1, 0.15) is 23.4 Å². The van der Waals surface area contributed by atoms with Crippen LogP contribution in [0.15, 0.2) is 67.0 Å². The Balaban J connectivity index is 1.03. The van der Waals surface area contributed by atoms with E-state index in [1.807, 2.05) is 37.3 Å². The van der Waals surface area contributed by atoms with Gasteiger partial charge < -0.3 is 20.3 Å². The summed E-state index contributed by atoms with van der Waals surface area (Å²) in [6.07, 6.45) is 6.26. The van der Waals surface area contributed by atoms with Crippen molar-refractivity contribution in [1.82, 2.24) is 34.7 Å². The second kappa shape index (κ2) is 13.2. The lowest BCUT2D eigenvalue weighted by molar-refractivity contribution is -0.155. The lowest BCUT2D eigenvalue weighted by atomic mass is 9.97. The monoisotopic (exact) mass is 579 g/mol. The number of benzene rings is 1. The fraction of sp³-hybridized carbons (Fsp3) is 0.375. The summed E-state index contributed by atoms with van der Waals surface area (Å²) >= 11 is 0. The number of carbonyl (C=O) groups excluding carboxylic acids is 1. The summed E-state index contributed by atoms with van der Waals surface area (Å²) in [4.78, 5) is 39.8. The average Bonchev–Trinajstić information content (AvgIpc) is 3.43. The van der Waals surface area contributed by atoms with Gasteiger partial charge in [-0.25, -0.2) is 19.9 Å². The highest BCUT2D eigenvalue weighted by molar-refractivity contribution is 5.73. The summed E-state index contributed by atoms with van der Waals surface area (Å²) in [5.41, 5.74) is 3.70. The van der Waals surface area contributed by atoms with E-state index in [-0.39, 0.29) is 18.0 Å². The van der Waals surface area contributed by atoms with Gasteiger partial charge in [0, 0.05) is 50.0 Å². The Hall–Kier alpha value is -4.48. The molecule has 2 saturated heterocycles. The largest absolute Gasteiger partial charge is 0.461 e. The number of rotatable bonds is 9. The minimum atomic E-state index is -0.0493. The zero-order chi connectivity index (χ0) is 29.6. The molecule has 3 aromatic heterocycles. The predicted molar refractivity (Wildman–Crippen MR) is 165 cm³/mol. The Morgan fingerprint density at radius 3 is 2.51 bits per heavy atom. The van der Waals surface area contributed by atoms with Crippen LogP contribution in [0.3, 0.4) is 0 Å². The number of aromatic nitrogens is 5. The van der Waals surface area contributed by atoms with Gasteiger partial charge >= 0.3 is 5.97 Å². The highest BCUT2D eigenvalue weighted by atomic mass is 16.5. The first-order valence-corrected chi connectivity index (χ1v) is 14.8. The first-order valence-electron chi connectivity index (χ1n) is 14.8. The Bertz CT molecular complexity index is 1550. The van der Waals surface area contributed by atoms with E-state index in [0.29, 0.717) is 29.1 Å². The van der Waals surface area contributed by atoms with Gasteiger partial charge in [-0.1, -0.05) is 18.2 Å². The van der Waals surface area contributed by atoms with E-state index in [2.05, 4.69) is 64.5 Å². The minimum absolute atomic E-state index is 0.0371. The maximum absolute atomic E-state index is 12.8. The predicted octanol–water partition coefficient (Wildman–Crippen LogP) is 4.58. The van der Waals surface area contributed by atoms with Gasteiger partial charge in [-0.3, -0.25) is 9.69 Å². The van der Waals surface area contributed by atoms with Crippen LogP contribution in [-0.2, 0) is 16.1 Å². The number of aryl methyl sites for hydroxylation is 1. The summed E-state index contributed by atoms with van der Waals surface area (Å²) in [6, 6.07) is 17.6. The van der Waals surface area contributed by atoms with E-state index in [4.69, 9.17) is 4.74 Å². The number of hydrogen-bond donors (Lipinski definition) is 2. The number of piperidine rings is 1. The number of esters is 1. The molecule has 0 unspecified atom stereocenters. The van der Waals surface area contributed by atoms with Crippen LogP contribution in [0.4, 0.5) is 23.3 Å². The Labute approximate surface area is 251 Å². The molecule has 0 bridgehead atoms. The second-order valence-corrected chi connectivity index (χ2v) is 11.3. The molecule has 0 spiro atoms. The molecule has 43 heavy (non-hydrogen) atoms. The van der Waals surface area contributed by atoms with Crippen molar-refractivity contribution in [2.45, 2.75) is 38.8 Å². The summed E-state index contributed by atoms with van der Waals surface area (Å²) in [5, 5.41) is 6.51. The molecule has 0 saturated carbocycles. The molecule has 2 aliphatic rings. The van der Waals surface area contributed by atoms with E-state index >= 15 is 0 Å². The standard InChI is InChI=1S/C32H37N9O2/c1-22-5-3-7-27(35-22)30-33-15-12-28(38-30)37-29-13-16-34-32(39-29)36-25-10-8-23(9-11-25)19-41-17-4-6-24(20-41)31(42)43-26-14-18-40(2)21-26/h3,5,7-13,15-16,24,26H,4,6,14,17-21H2,1-2H3,(H2,33,34,36,37,38,39)/t24-,26-/m1/s1. The zero-order valence-corrected chi connectivity index (χ0v) is 24.6. The number of ether oxygens (including phenoxy) is 1. The van der Waals surface area contributed by atoms with Gasteiger partial charge in [0.25, 0.3) is 0 Å². The number of likely N-dealkylation sites (N-methyl/N-ethyl adjacent to an activating group) is 1. The third-order valence-electron chi connectivity index (χ3n) is 7.77. The number of carbonyl (C=O) groups is 1. The van der Waals surface area contributed by atoms with E-state index < -0.39 is 0 Å². The SMILES string of the molecule is Cc1cccc(-c2nccc(Nc3ccnc(Nc4ccc(CN5CCC[C@@H](C(=O)O[C@@H]6CCN(C)C6)C5)cc4)n3)n2)n1. The molecule has 2 fully saturated rings. The summed E-state index contributed by atoms with van der Waals surface area (Å²) in [7, 11) is 2.07. The fourth-order valence-corrected chi connectivity index (χ4v) is 5.56. The topological polar surface area (TPSA) is 121 Å². The van der Waals surface area contributed by atoms with E-state index in [1.165, 1.54) is 5.56 Å². The number of pyridine rings is 1. The van der Waals surface area contributed by atoms with Gasteiger partial charge in [-0.2, -0.15) is 4.98 Å². The first-order chi connectivity index (χ1) is 21.0. The summed E-state index contributed by atoms with van der Waals surface area (Å²) in [5.74, 6) is 2.14. The van der Waals surface area contributed by atoms with Gasteiger partial charge in [0.2, 0.25) is 5.95 Å². The molecule has 5 heterocycles. The number of hydrogen-bond acceptors (Lipinski definition) is 11. The number of nitrogens with one attached hydrogen (secondary N) is 2. The molecule has 11 nitrogen and oxygen atoms in total. The molecular formula is C32H37N9O2. The Morgan fingerprint density at radius 2 is 1.72 bits per heavy atom. The minimum Gasteiger partial charge on any atom is -0.461 e. The Morgan fingerprint density at radius 1 is 0.907 bits per heavy atom. The van der Waals surface area contributed by atoms with E-state index in [0.717, 1.165) is 63.4 Å². The number of anilines is 4. The molecule has 0 radical (unpaired) electrons. The molecule has 1 aromatic carbocycles. The van der Waals surface area contributed by atoms with Crippen molar-refractivity contribution in [3.63, 3.8) is 0 Å². The van der Waals surface area contributed by atoms with Gasteiger partial charge in [-0.15, -0.1) is 0 Å². The van der Waals surface area contributed by atoms with Crippen LogP contribution in [-0.4, -0.2) is 80.0 Å². The van der Waals surface area contributed by atoms with Crippen molar-refractivity contribution >= 4 is 29.2 Å². The van der Waals surface area contributed by atoms with Gasteiger partial charge in [-0.05, 0) is 81.7 Å². The van der Waals surface area contributed by atoms with Crippen molar-refractivity contribution in [1.29, 1.82) is 0 Å². The second-order valence-electron chi connectivity index (χ2n) is 11.3. The van der Waals surface area contributed by atoms with Gasteiger partial charge in [0.15, 0.2) is 5.82 Å². The molecule has 2 aliphatic heterocycles. The van der Waals surface area contributed by atoms with Gasteiger partial charge in [0.05, 0.1) is 5.92 Å². The first kappa shape index (κ1) is 28.6. The number of likely N-dealkylation sites (tertiary alicyclic amines) is 2. The zero-order valence-electron chi connectivity index (χ0n) is 24.6. The normalized spacial score (nSPS) is 19.2. The van der Waals surface area contributed by atoms with Crippen LogP contribution < -0.4 is 10.6 Å². The molecule has 222 valence electrons. The smallest absolute Gasteiger partial charge is 0.310 e. The van der Waals surface area contributed by atoms with Crippen molar-refractivity contribution in [3.8, 4) is 11.5 Å². The fourth-order valence-electron chi connectivity index (χ4n) is 5.56. The van der Waals surface area contributed by atoms with Crippen molar-refractivity contribution < 1.29 is 9.53 Å². The van der Waals surface area contributed by atoms with E-state index in [9.17, 15) is 4.79 Å². The highest BCUT2D eigenvalue weighted by Crippen LogP contribution is 2.23. The quantitative estimate of drug-likeness (QED) is 0.271. The van der Waals surface area contributed by atoms with Crippen LogP contribution in [0.2, 0.25) is 0 Å². The molecule has 4 aromatic rings. The average molecular weight is 580 g/mol. The molecule has 6 rings (SSSR count). The molecule has 0 amide bonds. The lowest BCUT2D eigenvalue weighted by Crippen LogP contribution is -2.40. The molecule has 2 N–H and O–H groups in total. The third kappa shape index (κ3) is 7.68. The number of nitrogens with zero attached hydrogens (tertiary/aromatic N) is 7. The van der Waals surface area contributed by atoms with Crippen LogP contribution in [0, 0.1) is 12.8 Å². The van der Waals surface area contributed by atoms with Crippen LogP contribution in [0.1, 0.15) is 30.5 Å². The van der Waals surface area contributed by atoms with Crippen molar-refractivity contribution in [3.05, 3.63) is 78.2 Å². The van der Waals surface area contributed by atoms with E-state index in [1.54, 1.807) is 24.5 Å². The third-order valence-corrected chi connectivity index (χ3v) is 7.77. The summed E-state index contributed by atoms with van der Waals surface area (Å²) < 4.78 is 5.82. The van der Waals surface area contributed by atoms with Crippen molar-refractivity contribution in [2.75, 3.05) is 43.9 Å². The Kier molecular flexibility index (Phi) is 8.80. The van der Waals surface area contributed by atoms with Crippen LogP contribution in [0.25, 0.3) is 11.5 Å². The maximum atomic E-state index is 12.8. The molecule has 0 aliphatic carbocycles. The summed E-state index contributed by atoms with van der Waals surface area (Å²) in [6.45, 7) is 6.29. The maximum Gasteiger partial charge on any atom is 0.310 e. The van der Waals surface area contributed by atoms with Crippen molar-refractivity contribution in [2.24, 2.45) is 5.92 Å². The molecular weight excluding hydrogens is 542 g/mol. The van der Waals surface area contributed by atoms with Crippen LogP contribution in [0.5, 0.6) is 0 Å².